The Hall–Kier alpha value is -2.77. The van der Waals surface area contributed by atoms with E-state index in [1.165, 1.54) is 11.8 Å². The van der Waals surface area contributed by atoms with Crippen molar-refractivity contribution >= 4 is 53.1 Å². The fourth-order valence-corrected chi connectivity index (χ4v) is 4.27. The summed E-state index contributed by atoms with van der Waals surface area (Å²) in [4.78, 5) is 61.9. The highest BCUT2D eigenvalue weighted by atomic mass is 32.2. The molecule has 13 heteroatoms. The van der Waals surface area contributed by atoms with Gasteiger partial charge in [0.05, 0.1) is 6.04 Å². The van der Waals surface area contributed by atoms with Crippen LogP contribution in [0.25, 0.3) is 0 Å². The summed E-state index contributed by atoms with van der Waals surface area (Å²) in [5.74, 6) is -2.67. The van der Waals surface area contributed by atoms with Gasteiger partial charge in [0.2, 0.25) is 23.6 Å². The van der Waals surface area contributed by atoms with Crippen molar-refractivity contribution < 1.29 is 29.1 Å². The Balaban J connectivity index is 3.09. The second kappa shape index (κ2) is 17.6. The second-order valence-corrected chi connectivity index (χ2v) is 10.4. The third-order valence-corrected chi connectivity index (χ3v) is 6.71. The van der Waals surface area contributed by atoms with Gasteiger partial charge in [0.25, 0.3) is 0 Å². The van der Waals surface area contributed by atoms with Crippen LogP contribution in [0.3, 0.4) is 0 Å². The number of carboxylic acids is 1. The molecule has 0 aliphatic carbocycles. The molecule has 0 aliphatic heterocycles. The first-order valence-corrected chi connectivity index (χ1v) is 14.6. The van der Waals surface area contributed by atoms with E-state index in [1.54, 1.807) is 36.0 Å². The van der Waals surface area contributed by atoms with Gasteiger partial charge in [-0.15, -0.1) is 0 Å². The van der Waals surface area contributed by atoms with Crippen LogP contribution in [0.2, 0.25) is 0 Å². The van der Waals surface area contributed by atoms with E-state index in [0.29, 0.717) is 17.9 Å². The highest BCUT2D eigenvalue weighted by molar-refractivity contribution is 7.98. The van der Waals surface area contributed by atoms with Crippen LogP contribution in [0.4, 0.5) is 0 Å². The van der Waals surface area contributed by atoms with Gasteiger partial charge in [0, 0.05) is 12.8 Å². The van der Waals surface area contributed by atoms with Crippen LogP contribution in [0.15, 0.2) is 30.3 Å². The van der Waals surface area contributed by atoms with Crippen molar-refractivity contribution in [3.63, 3.8) is 0 Å². The summed E-state index contributed by atoms with van der Waals surface area (Å²) in [6.45, 7) is 0. The van der Waals surface area contributed by atoms with E-state index in [2.05, 4.69) is 16.0 Å². The number of primary amides is 1. The summed E-state index contributed by atoms with van der Waals surface area (Å²) in [6, 6.07) is 4.70. The van der Waals surface area contributed by atoms with Gasteiger partial charge >= 0.3 is 5.97 Å². The molecule has 4 atom stereocenters. The summed E-state index contributed by atoms with van der Waals surface area (Å²) in [7, 11) is 0. The minimum Gasteiger partial charge on any atom is -0.480 e. The zero-order valence-corrected chi connectivity index (χ0v) is 22.7. The lowest BCUT2D eigenvalue weighted by molar-refractivity contribution is -0.142. The standard InChI is InChI=1S/C24H37N5O6S2/c1-36-12-10-16(25)21(31)29-19(14-15-6-4-3-5-7-15)23(33)27-17(8-9-20(26)30)22(32)28-18(24(34)35)11-13-37-2/h3-7,16-19H,8-14,25H2,1-2H3,(H2,26,30)(H,27,33)(H,28,32)(H,29,31)(H,34,35). The predicted octanol–water partition coefficient (Wildman–Crippen LogP) is -0.133. The number of hydrogen-bond acceptors (Lipinski definition) is 8. The van der Waals surface area contributed by atoms with Crippen LogP contribution in [0.1, 0.15) is 31.2 Å². The molecule has 4 amide bonds. The Morgan fingerprint density at radius 2 is 1.35 bits per heavy atom. The van der Waals surface area contributed by atoms with Crippen LogP contribution >= 0.6 is 23.5 Å². The SMILES string of the molecule is CSCCC(N)C(=O)NC(Cc1ccccc1)C(=O)NC(CCC(N)=O)C(=O)NC(CCSC)C(=O)O. The molecule has 1 aromatic carbocycles. The number of hydrogen-bond donors (Lipinski definition) is 6. The van der Waals surface area contributed by atoms with E-state index in [1.807, 2.05) is 18.6 Å². The molecule has 8 N–H and O–H groups in total. The maximum atomic E-state index is 13.3. The quantitative estimate of drug-likeness (QED) is 0.143. The minimum absolute atomic E-state index is 0.128. The van der Waals surface area contributed by atoms with Crippen LogP contribution in [0, 0.1) is 0 Å². The summed E-state index contributed by atoms with van der Waals surface area (Å²) < 4.78 is 0. The van der Waals surface area contributed by atoms with Gasteiger partial charge in [0.15, 0.2) is 0 Å². The highest BCUT2D eigenvalue weighted by Crippen LogP contribution is 2.08. The highest BCUT2D eigenvalue weighted by Gasteiger charge is 2.30. The first-order valence-electron chi connectivity index (χ1n) is 11.8. The molecule has 1 rings (SSSR count). The lowest BCUT2D eigenvalue weighted by Crippen LogP contribution is -2.57. The molecule has 0 spiro atoms. The number of nitrogens with one attached hydrogen (secondary N) is 3. The summed E-state index contributed by atoms with van der Waals surface area (Å²) in [6.07, 6.45) is 4.08. The topological polar surface area (TPSA) is 194 Å². The number of aliphatic carboxylic acids is 1. The Labute approximate surface area is 225 Å². The molecule has 0 saturated carbocycles. The lowest BCUT2D eigenvalue weighted by atomic mass is 10.0. The predicted molar refractivity (Wildman–Crippen MR) is 146 cm³/mol. The van der Waals surface area contributed by atoms with E-state index in [0.717, 1.165) is 5.56 Å². The average Bonchev–Trinajstić information content (AvgIpc) is 2.86. The Morgan fingerprint density at radius 1 is 0.811 bits per heavy atom. The molecule has 0 aliphatic rings. The van der Waals surface area contributed by atoms with Gasteiger partial charge < -0.3 is 32.5 Å². The Kier molecular flexibility index (Phi) is 15.4. The van der Waals surface area contributed by atoms with Crippen molar-refractivity contribution in [3.05, 3.63) is 35.9 Å². The van der Waals surface area contributed by atoms with Crippen LogP contribution in [-0.4, -0.2) is 82.9 Å². The number of benzene rings is 1. The van der Waals surface area contributed by atoms with Crippen LogP contribution in [0.5, 0.6) is 0 Å². The number of thioether (sulfide) groups is 2. The normalized spacial score (nSPS) is 14.0. The molecule has 37 heavy (non-hydrogen) atoms. The molecule has 0 radical (unpaired) electrons. The number of carboxylic acid groups (broad SMARTS) is 1. The number of amides is 4. The first kappa shape index (κ1) is 32.3. The smallest absolute Gasteiger partial charge is 0.326 e. The van der Waals surface area contributed by atoms with E-state index in [9.17, 15) is 29.1 Å². The molecule has 0 fully saturated rings. The van der Waals surface area contributed by atoms with Crippen molar-refractivity contribution in [2.75, 3.05) is 24.0 Å². The Morgan fingerprint density at radius 3 is 1.92 bits per heavy atom. The number of nitrogens with two attached hydrogens (primary N) is 2. The Bertz CT molecular complexity index is 905. The average molecular weight is 556 g/mol. The van der Waals surface area contributed by atoms with E-state index in [4.69, 9.17) is 11.5 Å². The molecule has 0 aromatic heterocycles. The van der Waals surface area contributed by atoms with Crippen molar-refractivity contribution in [2.45, 2.75) is 56.3 Å². The lowest BCUT2D eigenvalue weighted by Gasteiger charge is -2.25. The van der Waals surface area contributed by atoms with Gasteiger partial charge in [-0.25, -0.2) is 4.79 Å². The number of carbonyl (C=O) groups is 5. The second-order valence-electron chi connectivity index (χ2n) is 8.39. The zero-order chi connectivity index (χ0) is 27.8. The molecular formula is C24H37N5O6S2. The molecular weight excluding hydrogens is 518 g/mol. The van der Waals surface area contributed by atoms with E-state index in [-0.39, 0.29) is 25.7 Å². The fraction of sp³-hybridized carbons (Fsp3) is 0.542. The maximum Gasteiger partial charge on any atom is 0.326 e. The van der Waals surface area contributed by atoms with Crippen molar-refractivity contribution in [1.29, 1.82) is 0 Å². The molecule has 1 aromatic rings. The first-order chi connectivity index (χ1) is 17.6. The van der Waals surface area contributed by atoms with Gasteiger partial charge in [0.1, 0.15) is 18.1 Å². The van der Waals surface area contributed by atoms with Gasteiger partial charge in [-0.05, 0) is 48.8 Å². The van der Waals surface area contributed by atoms with Crippen LogP contribution in [-0.2, 0) is 30.4 Å². The maximum absolute atomic E-state index is 13.3. The minimum atomic E-state index is -1.24. The van der Waals surface area contributed by atoms with Gasteiger partial charge in [-0.3, -0.25) is 19.2 Å². The van der Waals surface area contributed by atoms with Gasteiger partial charge in [-0.2, -0.15) is 23.5 Å². The molecule has 4 unspecified atom stereocenters. The number of rotatable bonds is 18. The molecule has 0 bridgehead atoms. The largest absolute Gasteiger partial charge is 0.480 e. The number of carbonyl (C=O) groups excluding carboxylic acids is 4. The molecule has 0 heterocycles. The summed E-state index contributed by atoms with van der Waals surface area (Å²) >= 11 is 2.97. The third-order valence-electron chi connectivity index (χ3n) is 5.42. The fourth-order valence-electron chi connectivity index (χ4n) is 3.31. The van der Waals surface area contributed by atoms with Crippen molar-refractivity contribution in [1.82, 2.24) is 16.0 Å². The molecule has 0 saturated heterocycles. The van der Waals surface area contributed by atoms with Gasteiger partial charge in [-0.1, -0.05) is 30.3 Å². The van der Waals surface area contributed by atoms with E-state index >= 15 is 0 Å². The summed E-state index contributed by atoms with van der Waals surface area (Å²) in [5, 5.41) is 17.1. The third kappa shape index (κ3) is 12.8. The summed E-state index contributed by atoms with van der Waals surface area (Å²) in [5.41, 5.74) is 12.0. The monoisotopic (exact) mass is 555 g/mol. The zero-order valence-electron chi connectivity index (χ0n) is 21.1. The molecule has 11 nitrogen and oxygen atoms in total. The van der Waals surface area contributed by atoms with Crippen molar-refractivity contribution in [2.24, 2.45) is 11.5 Å². The molecule has 206 valence electrons. The van der Waals surface area contributed by atoms with E-state index < -0.39 is 53.8 Å². The van der Waals surface area contributed by atoms with Crippen LogP contribution < -0.4 is 27.4 Å². The van der Waals surface area contributed by atoms with Crippen molar-refractivity contribution in [3.8, 4) is 0 Å².